The zero-order valence-corrected chi connectivity index (χ0v) is 18.9. The normalized spacial score (nSPS) is 11.0. The second kappa shape index (κ2) is 9.84. The van der Waals surface area contributed by atoms with Crippen LogP contribution in [0.4, 0.5) is 8.78 Å². The Morgan fingerprint density at radius 2 is 1.86 bits per heavy atom. The number of nitrogens with one attached hydrogen (secondary N) is 1. The molecule has 0 aliphatic heterocycles. The summed E-state index contributed by atoms with van der Waals surface area (Å²) in [6.07, 6.45) is 2.84. The first-order valence-electron chi connectivity index (χ1n) is 10.7. The van der Waals surface area contributed by atoms with E-state index in [1.54, 1.807) is 18.3 Å². The van der Waals surface area contributed by atoms with E-state index in [9.17, 15) is 23.2 Å². The quantitative estimate of drug-likeness (QED) is 0.433. The molecule has 0 aliphatic rings. The molecule has 3 aromatic heterocycles. The minimum absolute atomic E-state index is 0.0216. The minimum Gasteiger partial charge on any atom is -0.478 e. The molecule has 0 atom stereocenters. The Bertz CT molecular complexity index is 1550. The average Bonchev–Trinajstić information content (AvgIpc) is 2.86. The number of carbonyl (C=O) groups is 1. The lowest BCUT2D eigenvalue weighted by Gasteiger charge is -2.12. The van der Waals surface area contributed by atoms with Crippen LogP contribution in [0.2, 0.25) is 0 Å². The van der Waals surface area contributed by atoms with Crippen LogP contribution in [0.1, 0.15) is 28.5 Å². The van der Waals surface area contributed by atoms with Gasteiger partial charge < -0.3 is 10.1 Å². The maximum atomic E-state index is 13.6. The minimum atomic E-state index is -1.08. The van der Waals surface area contributed by atoms with Gasteiger partial charge in [0, 0.05) is 25.9 Å². The van der Waals surface area contributed by atoms with E-state index in [1.807, 2.05) is 6.92 Å². The lowest BCUT2D eigenvalue weighted by atomic mass is 10.2. The molecule has 0 spiro atoms. The first kappa shape index (κ1) is 23.7. The molecule has 0 bridgehead atoms. The molecule has 0 radical (unpaired) electrons. The van der Waals surface area contributed by atoms with E-state index in [0.29, 0.717) is 12.5 Å². The lowest BCUT2D eigenvalue weighted by molar-refractivity contribution is 0.0946. The first-order valence-corrected chi connectivity index (χ1v) is 10.7. The smallest absolute Gasteiger partial charge is 0.331 e. The number of carbonyl (C=O) groups excluding carboxylic acids is 1. The summed E-state index contributed by atoms with van der Waals surface area (Å²) in [5, 5.41) is 2.80. The van der Waals surface area contributed by atoms with E-state index in [4.69, 9.17) is 4.74 Å². The number of rotatable bonds is 7. The third-order valence-corrected chi connectivity index (χ3v) is 5.34. The van der Waals surface area contributed by atoms with Crippen molar-refractivity contribution in [3.8, 4) is 5.88 Å². The number of aryl methyl sites for hydroxylation is 1. The van der Waals surface area contributed by atoms with Crippen molar-refractivity contribution in [1.82, 2.24) is 24.4 Å². The molecule has 0 aliphatic carbocycles. The molecule has 0 saturated carbocycles. The number of halogens is 2. The van der Waals surface area contributed by atoms with Crippen molar-refractivity contribution in [1.29, 1.82) is 0 Å². The Balaban J connectivity index is 1.64. The second-order valence-electron chi connectivity index (χ2n) is 7.69. The molecular weight excluding hydrogens is 460 g/mol. The molecule has 9 nitrogen and oxygen atoms in total. The zero-order chi connectivity index (χ0) is 25.1. The Morgan fingerprint density at radius 1 is 1.06 bits per heavy atom. The van der Waals surface area contributed by atoms with Gasteiger partial charge in [-0.3, -0.25) is 18.7 Å². The van der Waals surface area contributed by atoms with Crippen molar-refractivity contribution in [2.45, 2.75) is 20.0 Å². The number of aromatic nitrogens is 4. The van der Waals surface area contributed by atoms with E-state index in [1.165, 1.54) is 29.9 Å². The second-order valence-corrected chi connectivity index (χ2v) is 7.69. The lowest BCUT2D eigenvalue weighted by Crippen LogP contribution is -2.39. The van der Waals surface area contributed by atoms with Crippen LogP contribution in [-0.4, -0.2) is 31.6 Å². The fourth-order valence-corrected chi connectivity index (χ4v) is 3.55. The highest BCUT2D eigenvalue weighted by molar-refractivity contribution is 5.95. The molecule has 180 valence electrons. The van der Waals surface area contributed by atoms with Crippen LogP contribution >= 0.6 is 0 Å². The molecule has 1 aromatic carbocycles. The molecule has 0 saturated heterocycles. The molecule has 1 N–H and O–H groups in total. The molecule has 35 heavy (non-hydrogen) atoms. The number of pyridine rings is 2. The highest BCUT2D eigenvalue weighted by Crippen LogP contribution is 2.12. The predicted molar refractivity (Wildman–Crippen MR) is 123 cm³/mol. The summed E-state index contributed by atoms with van der Waals surface area (Å²) >= 11 is 0. The fourth-order valence-electron chi connectivity index (χ4n) is 3.55. The average molecular weight is 481 g/mol. The molecule has 3 heterocycles. The van der Waals surface area contributed by atoms with E-state index in [0.717, 1.165) is 22.3 Å². The van der Waals surface area contributed by atoms with Gasteiger partial charge in [-0.25, -0.2) is 23.5 Å². The number of benzene rings is 1. The summed E-state index contributed by atoms with van der Waals surface area (Å²) in [5.41, 5.74) is -0.138. The van der Waals surface area contributed by atoms with Gasteiger partial charge in [-0.1, -0.05) is 6.07 Å². The maximum absolute atomic E-state index is 13.6. The largest absolute Gasteiger partial charge is 0.478 e. The summed E-state index contributed by atoms with van der Waals surface area (Å²) in [4.78, 5) is 46.7. The van der Waals surface area contributed by atoms with E-state index < -0.39 is 28.8 Å². The van der Waals surface area contributed by atoms with Gasteiger partial charge >= 0.3 is 5.69 Å². The summed E-state index contributed by atoms with van der Waals surface area (Å²) in [6.45, 7) is 2.20. The van der Waals surface area contributed by atoms with Crippen LogP contribution in [0, 0.1) is 11.6 Å². The van der Waals surface area contributed by atoms with Gasteiger partial charge in [0.25, 0.3) is 11.5 Å². The Morgan fingerprint density at radius 3 is 2.60 bits per heavy atom. The van der Waals surface area contributed by atoms with Gasteiger partial charge in [0.05, 0.1) is 30.3 Å². The standard InChI is InChI=1S/C24H21F2N5O4/c1-3-35-21-9-14(6-7-27-21)11-29-22(32)19-10-16-20(12-28-19)30(2)24(34)31(23(16)33)13-15-4-5-17(25)18(26)8-15/h4-10,12H,3,11,13H2,1-2H3,(H,29,32). The topological polar surface area (TPSA) is 108 Å². The van der Waals surface area contributed by atoms with E-state index in [2.05, 4.69) is 15.3 Å². The van der Waals surface area contributed by atoms with Crippen LogP contribution in [0.5, 0.6) is 5.88 Å². The van der Waals surface area contributed by atoms with Crippen molar-refractivity contribution < 1.29 is 18.3 Å². The summed E-state index contributed by atoms with van der Waals surface area (Å²) in [6, 6.07) is 7.86. The zero-order valence-electron chi connectivity index (χ0n) is 18.9. The number of amides is 1. The summed E-state index contributed by atoms with van der Waals surface area (Å²) < 4.78 is 34.3. The van der Waals surface area contributed by atoms with Crippen molar-refractivity contribution >= 4 is 16.8 Å². The number of fused-ring (bicyclic) bond motifs is 1. The highest BCUT2D eigenvalue weighted by Gasteiger charge is 2.16. The van der Waals surface area contributed by atoms with Gasteiger partial charge in [0.1, 0.15) is 5.69 Å². The van der Waals surface area contributed by atoms with Crippen LogP contribution in [0.25, 0.3) is 10.9 Å². The number of hydrogen-bond acceptors (Lipinski definition) is 6. The van der Waals surface area contributed by atoms with Gasteiger partial charge in [-0.05, 0) is 42.3 Å². The van der Waals surface area contributed by atoms with Crippen LogP contribution in [-0.2, 0) is 20.1 Å². The third kappa shape index (κ3) is 4.93. The number of ether oxygens (including phenoxy) is 1. The fraction of sp³-hybridized carbons (Fsp3) is 0.208. The molecule has 1 amide bonds. The summed E-state index contributed by atoms with van der Waals surface area (Å²) in [7, 11) is 1.45. The van der Waals surface area contributed by atoms with Gasteiger partial charge in [-0.15, -0.1) is 0 Å². The van der Waals surface area contributed by atoms with Crippen LogP contribution < -0.4 is 21.3 Å². The van der Waals surface area contributed by atoms with Crippen molar-refractivity contribution in [2.24, 2.45) is 7.05 Å². The van der Waals surface area contributed by atoms with Crippen LogP contribution in [0.15, 0.2) is 58.4 Å². The molecule has 0 fully saturated rings. The highest BCUT2D eigenvalue weighted by atomic mass is 19.2. The molecule has 0 unspecified atom stereocenters. The van der Waals surface area contributed by atoms with Crippen molar-refractivity contribution in [2.75, 3.05) is 6.61 Å². The van der Waals surface area contributed by atoms with Gasteiger partial charge in [0.2, 0.25) is 5.88 Å². The monoisotopic (exact) mass is 481 g/mol. The predicted octanol–water partition coefficient (Wildman–Crippen LogP) is 2.15. The van der Waals surface area contributed by atoms with Crippen molar-refractivity contribution in [3.63, 3.8) is 0 Å². The van der Waals surface area contributed by atoms with E-state index >= 15 is 0 Å². The first-order chi connectivity index (χ1) is 16.8. The van der Waals surface area contributed by atoms with Crippen LogP contribution in [0.3, 0.4) is 0 Å². The van der Waals surface area contributed by atoms with Crippen molar-refractivity contribution in [3.05, 3.63) is 98.1 Å². The molecular formula is C24H21F2N5O4. The number of nitrogens with zero attached hydrogens (tertiary/aromatic N) is 4. The SMILES string of the molecule is CCOc1cc(CNC(=O)c2cc3c(=O)n(Cc4ccc(F)c(F)c4)c(=O)n(C)c3cn2)ccn1. The third-order valence-electron chi connectivity index (χ3n) is 5.34. The Kier molecular flexibility index (Phi) is 6.67. The summed E-state index contributed by atoms with van der Waals surface area (Å²) in [5.74, 6) is -2.21. The maximum Gasteiger partial charge on any atom is 0.331 e. The van der Waals surface area contributed by atoms with Gasteiger partial charge in [-0.2, -0.15) is 0 Å². The molecule has 11 heteroatoms. The molecule has 4 aromatic rings. The number of hydrogen-bond donors (Lipinski definition) is 1. The van der Waals surface area contributed by atoms with E-state index in [-0.39, 0.29) is 35.2 Å². The Hall–Kier alpha value is -4.41. The van der Waals surface area contributed by atoms with Gasteiger partial charge in [0.15, 0.2) is 11.6 Å². The Labute approximate surface area is 197 Å². The molecule has 4 rings (SSSR count).